The summed E-state index contributed by atoms with van der Waals surface area (Å²) in [7, 11) is 0. The zero-order chi connectivity index (χ0) is 30.4. The fourth-order valence-electron chi connectivity index (χ4n) is 12.3. The molecule has 6 aliphatic rings. The molecule has 0 aromatic carbocycles. The number of fused-ring (bicyclic) bond motifs is 2. The zero-order valence-electron chi connectivity index (χ0n) is 27.2. The molecule has 6 fully saturated rings. The molecule has 0 aromatic rings. The maximum Gasteiger partial charge on any atom is 0.186 e. The molecule has 15 atom stereocenters. The quantitative estimate of drug-likeness (QED) is 0.210. The van der Waals surface area contributed by atoms with Gasteiger partial charge in [0.2, 0.25) is 0 Å². The van der Waals surface area contributed by atoms with E-state index in [0.717, 1.165) is 24.7 Å². The fraction of sp³-hybridized carbons (Fsp3) is 0.944. The average Bonchev–Trinajstić information content (AvgIpc) is 3.54. The SMILES string of the molecule is C=C(C(C)CCC(C)C)C1CCC2(C)C3CCC4C(C)C(OC5OC(CO)C(O)C(O)C5O)CCC45CC35CCC12C. The Morgan fingerprint density at radius 1 is 0.881 bits per heavy atom. The highest BCUT2D eigenvalue weighted by atomic mass is 16.7. The number of ether oxygens (including phenoxy) is 2. The lowest BCUT2D eigenvalue weighted by atomic mass is 9.43. The molecular weight excluding hydrogens is 528 g/mol. The molecule has 1 saturated heterocycles. The van der Waals surface area contributed by atoms with Crippen LogP contribution in [0.4, 0.5) is 0 Å². The maximum atomic E-state index is 10.6. The number of rotatable bonds is 8. The van der Waals surface area contributed by atoms with Gasteiger partial charge >= 0.3 is 0 Å². The van der Waals surface area contributed by atoms with Gasteiger partial charge in [-0.05, 0) is 121 Å². The van der Waals surface area contributed by atoms with Crippen molar-refractivity contribution in [3.8, 4) is 0 Å². The van der Waals surface area contributed by atoms with E-state index in [4.69, 9.17) is 16.1 Å². The highest BCUT2D eigenvalue weighted by molar-refractivity contribution is 5.31. The molecule has 5 aliphatic carbocycles. The van der Waals surface area contributed by atoms with E-state index in [1.165, 1.54) is 63.4 Å². The second-order valence-electron chi connectivity index (χ2n) is 16.9. The molecule has 6 rings (SSSR count). The van der Waals surface area contributed by atoms with E-state index in [-0.39, 0.29) is 6.10 Å². The van der Waals surface area contributed by atoms with Gasteiger partial charge in [-0.3, -0.25) is 0 Å². The number of aliphatic hydroxyl groups is 4. The van der Waals surface area contributed by atoms with Gasteiger partial charge < -0.3 is 29.9 Å². The Morgan fingerprint density at radius 3 is 2.31 bits per heavy atom. The van der Waals surface area contributed by atoms with Gasteiger partial charge in [0.1, 0.15) is 24.4 Å². The number of hydrogen-bond acceptors (Lipinski definition) is 6. The molecule has 1 heterocycles. The second-order valence-corrected chi connectivity index (χ2v) is 16.9. The number of hydrogen-bond donors (Lipinski definition) is 4. The van der Waals surface area contributed by atoms with Gasteiger partial charge in [0.15, 0.2) is 6.29 Å². The van der Waals surface area contributed by atoms with E-state index in [1.807, 2.05) is 0 Å². The van der Waals surface area contributed by atoms with E-state index in [1.54, 1.807) is 0 Å². The molecular formula is C36H60O6. The number of aliphatic hydroxyl groups excluding tert-OH is 4. The van der Waals surface area contributed by atoms with Crippen LogP contribution in [0.2, 0.25) is 0 Å². The van der Waals surface area contributed by atoms with Crippen molar-refractivity contribution in [2.45, 2.75) is 149 Å². The standard InChI is InChI=1S/C36H60O6/c1-20(2)8-9-21(3)22(4)24-12-14-34(7)28-11-10-25-23(5)26(41-32-31(40)30(39)29(38)27(18-37)42-32)13-15-35(25)19-36(28,35)17-16-33(24,34)6/h20-21,23-32,37-40H,4,8-19H2,1-3,5-7H3. The Bertz CT molecular complexity index is 1030. The first-order chi connectivity index (χ1) is 19.8. The van der Waals surface area contributed by atoms with Gasteiger partial charge in [-0.15, -0.1) is 0 Å². The predicted octanol–water partition coefficient (Wildman–Crippen LogP) is 5.85. The molecule has 5 saturated carbocycles. The van der Waals surface area contributed by atoms with Gasteiger partial charge in [-0.25, -0.2) is 0 Å². The highest BCUT2D eigenvalue weighted by Gasteiger charge is 2.81. The smallest absolute Gasteiger partial charge is 0.186 e. The third kappa shape index (κ3) is 4.31. The minimum absolute atomic E-state index is 0.0628. The Hall–Kier alpha value is -0.500. The van der Waals surface area contributed by atoms with Crippen LogP contribution in [0.15, 0.2) is 12.2 Å². The Labute approximate surface area is 254 Å². The molecule has 1 aliphatic heterocycles. The Balaban J connectivity index is 1.16. The lowest BCUT2D eigenvalue weighted by Crippen LogP contribution is -2.60. The van der Waals surface area contributed by atoms with Crippen molar-refractivity contribution in [1.29, 1.82) is 0 Å². The molecule has 0 aromatic heterocycles. The summed E-state index contributed by atoms with van der Waals surface area (Å²) in [5.74, 6) is 3.74. The summed E-state index contributed by atoms with van der Waals surface area (Å²) in [6.45, 7) is 19.1. The summed E-state index contributed by atoms with van der Waals surface area (Å²) >= 11 is 0. The summed E-state index contributed by atoms with van der Waals surface area (Å²) in [5.41, 5.74) is 3.13. The Morgan fingerprint density at radius 2 is 1.62 bits per heavy atom. The van der Waals surface area contributed by atoms with Crippen LogP contribution in [0.25, 0.3) is 0 Å². The molecule has 4 N–H and O–H groups in total. The van der Waals surface area contributed by atoms with Crippen molar-refractivity contribution in [2.75, 3.05) is 6.61 Å². The fourth-order valence-corrected chi connectivity index (χ4v) is 12.3. The van der Waals surface area contributed by atoms with Gasteiger partial charge in [0, 0.05) is 0 Å². The molecule has 42 heavy (non-hydrogen) atoms. The van der Waals surface area contributed by atoms with E-state index >= 15 is 0 Å². The van der Waals surface area contributed by atoms with Crippen molar-refractivity contribution < 1.29 is 29.9 Å². The first-order valence-corrected chi connectivity index (χ1v) is 17.4. The maximum absolute atomic E-state index is 10.6. The van der Waals surface area contributed by atoms with Crippen LogP contribution in [-0.2, 0) is 9.47 Å². The topological polar surface area (TPSA) is 99.4 Å². The van der Waals surface area contributed by atoms with Gasteiger partial charge in [0.25, 0.3) is 0 Å². The van der Waals surface area contributed by atoms with Crippen molar-refractivity contribution >= 4 is 0 Å². The van der Waals surface area contributed by atoms with Crippen LogP contribution in [0.1, 0.15) is 112 Å². The largest absolute Gasteiger partial charge is 0.394 e. The van der Waals surface area contributed by atoms with Crippen molar-refractivity contribution in [3.63, 3.8) is 0 Å². The first kappa shape index (κ1) is 31.5. The summed E-state index contributed by atoms with van der Waals surface area (Å²) < 4.78 is 12.1. The number of allylic oxidation sites excluding steroid dienone is 1. The minimum atomic E-state index is -1.39. The van der Waals surface area contributed by atoms with E-state index in [2.05, 4.69) is 41.5 Å². The second kappa shape index (κ2) is 10.8. The molecule has 6 heteroatoms. The lowest BCUT2D eigenvalue weighted by Gasteiger charge is -2.62. The monoisotopic (exact) mass is 588 g/mol. The van der Waals surface area contributed by atoms with Gasteiger partial charge in [-0.2, -0.15) is 0 Å². The molecule has 0 amide bonds. The zero-order valence-corrected chi connectivity index (χ0v) is 27.2. The molecule has 6 nitrogen and oxygen atoms in total. The molecule has 2 spiro atoms. The third-order valence-electron chi connectivity index (χ3n) is 15.0. The average molecular weight is 589 g/mol. The Kier molecular flexibility index (Phi) is 8.09. The van der Waals surface area contributed by atoms with E-state index < -0.39 is 37.3 Å². The summed E-state index contributed by atoms with van der Waals surface area (Å²) in [6, 6.07) is 0. The lowest BCUT2D eigenvalue weighted by molar-refractivity contribution is -0.319. The third-order valence-corrected chi connectivity index (χ3v) is 15.0. The van der Waals surface area contributed by atoms with Crippen molar-refractivity contribution in [1.82, 2.24) is 0 Å². The summed E-state index contributed by atoms with van der Waals surface area (Å²) in [4.78, 5) is 0. The van der Waals surface area contributed by atoms with E-state index in [0.29, 0.717) is 45.3 Å². The van der Waals surface area contributed by atoms with Crippen LogP contribution >= 0.6 is 0 Å². The van der Waals surface area contributed by atoms with Gasteiger partial charge in [0.05, 0.1) is 12.7 Å². The summed E-state index contributed by atoms with van der Waals surface area (Å²) in [5, 5.41) is 40.8. The minimum Gasteiger partial charge on any atom is -0.394 e. The van der Waals surface area contributed by atoms with Crippen LogP contribution in [0.3, 0.4) is 0 Å². The van der Waals surface area contributed by atoms with Gasteiger partial charge in [-0.1, -0.05) is 60.1 Å². The van der Waals surface area contributed by atoms with Crippen molar-refractivity contribution in [3.05, 3.63) is 12.2 Å². The predicted molar refractivity (Wildman–Crippen MR) is 163 cm³/mol. The normalized spacial score (nSPS) is 54.0. The summed E-state index contributed by atoms with van der Waals surface area (Å²) in [6.07, 6.45) is 7.80. The van der Waals surface area contributed by atoms with Crippen LogP contribution < -0.4 is 0 Å². The molecule has 15 unspecified atom stereocenters. The first-order valence-electron chi connectivity index (χ1n) is 17.4. The van der Waals surface area contributed by atoms with Crippen LogP contribution in [0.5, 0.6) is 0 Å². The molecule has 240 valence electrons. The molecule has 0 bridgehead atoms. The van der Waals surface area contributed by atoms with Crippen molar-refractivity contribution in [2.24, 2.45) is 57.2 Å². The van der Waals surface area contributed by atoms with Crippen LogP contribution in [-0.4, -0.2) is 63.8 Å². The van der Waals surface area contributed by atoms with E-state index in [9.17, 15) is 20.4 Å². The highest BCUT2D eigenvalue weighted by Crippen LogP contribution is 2.88. The molecule has 0 radical (unpaired) electrons. The van der Waals surface area contributed by atoms with Crippen LogP contribution in [0, 0.1) is 57.2 Å².